The third-order valence-corrected chi connectivity index (χ3v) is 4.06. The normalized spacial score (nSPS) is 15.0. The second-order valence-electron chi connectivity index (χ2n) is 3.00. The summed E-state index contributed by atoms with van der Waals surface area (Å²) in [5.41, 5.74) is 5.97. The smallest absolute Gasteiger partial charge is 0.239 e. The minimum absolute atomic E-state index is 0.0281. The van der Waals surface area contributed by atoms with Gasteiger partial charge in [-0.1, -0.05) is 11.6 Å². The molecule has 1 heterocycles. The first-order valence-corrected chi connectivity index (χ1v) is 6.75. The standard InChI is InChI=1S/C7H7ClN4O2S2/c8-3-1-4-5(15-12-7(9)11-4)2-6(3)16(10,13)14/h1-2H,(H3,9,11,12)(H2,10,13,14). The van der Waals surface area contributed by atoms with E-state index in [0.717, 1.165) is 11.9 Å². The Kier molecular flexibility index (Phi) is 2.74. The molecular formula is C7H7ClN4O2S2. The van der Waals surface area contributed by atoms with E-state index in [1.807, 2.05) is 0 Å². The molecular weight excluding hydrogens is 272 g/mol. The second-order valence-corrected chi connectivity index (χ2v) is 5.78. The van der Waals surface area contributed by atoms with Crippen molar-refractivity contribution < 1.29 is 8.42 Å². The summed E-state index contributed by atoms with van der Waals surface area (Å²) in [6, 6.07) is 2.78. The van der Waals surface area contributed by atoms with Crippen LogP contribution in [0.25, 0.3) is 0 Å². The summed E-state index contributed by atoms with van der Waals surface area (Å²) in [6.45, 7) is 0. The first kappa shape index (κ1) is 11.5. The number of guanidine groups is 1. The predicted octanol–water partition coefficient (Wildman–Crippen LogP) is 0.544. The highest BCUT2D eigenvalue weighted by atomic mass is 35.5. The van der Waals surface area contributed by atoms with E-state index in [-0.39, 0.29) is 15.9 Å². The molecule has 0 radical (unpaired) electrons. The van der Waals surface area contributed by atoms with Crippen LogP contribution in [0.1, 0.15) is 0 Å². The largest absolute Gasteiger partial charge is 0.369 e. The number of halogens is 1. The van der Waals surface area contributed by atoms with Gasteiger partial charge in [0.1, 0.15) is 4.90 Å². The molecule has 1 aliphatic rings. The summed E-state index contributed by atoms with van der Waals surface area (Å²) in [7, 11) is -3.83. The molecule has 2 rings (SSSR count). The summed E-state index contributed by atoms with van der Waals surface area (Å²) in [4.78, 5) is 4.44. The Bertz CT molecular complexity index is 584. The minimum atomic E-state index is -3.83. The molecule has 1 aliphatic heterocycles. The quantitative estimate of drug-likeness (QED) is 0.650. The van der Waals surface area contributed by atoms with Crippen molar-refractivity contribution in [3.8, 4) is 0 Å². The van der Waals surface area contributed by atoms with E-state index >= 15 is 0 Å². The lowest BCUT2D eigenvalue weighted by Crippen LogP contribution is -2.27. The van der Waals surface area contributed by atoms with Crippen LogP contribution in [0.3, 0.4) is 0 Å². The molecule has 1 aromatic rings. The molecule has 0 saturated heterocycles. The van der Waals surface area contributed by atoms with Crippen molar-refractivity contribution in [3.05, 3.63) is 17.2 Å². The van der Waals surface area contributed by atoms with Crippen LogP contribution in [0.4, 0.5) is 5.69 Å². The molecule has 1 aromatic carbocycles. The van der Waals surface area contributed by atoms with Crippen molar-refractivity contribution in [1.82, 2.24) is 4.72 Å². The van der Waals surface area contributed by atoms with Gasteiger partial charge in [-0.25, -0.2) is 18.5 Å². The number of nitrogens with two attached hydrogens (primary N) is 2. The van der Waals surface area contributed by atoms with Gasteiger partial charge in [0.25, 0.3) is 0 Å². The van der Waals surface area contributed by atoms with Crippen molar-refractivity contribution in [1.29, 1.82) is 0 Å². The number of aliphatic imine (C=N–C) groups is 1. The van der Waals surface area contributed by atoms with Crippen molar-refractivity contribution in [2.24, 2.45) is 15.9 Å². The maximum Gasteiger partial charge on any atom is 0.239 e. The summed E-state index contributed by atoms with van der Waals surface area (Å²) >= 11 is 6.95. The van der Waals surface area contributed by atoms with E-state index in [9.17, 15) is 8.42 Å². The molecule has 0 saturated carbocycles. The highest BCUT2D eigenvalue weighted by molar-refractivity contribution is 7.98. The maximum atomic E-state index is 11.2. The van der Waals surface area contributed by atoms with Gasteiger partial charge in [0.05, 0.1) is 15.6 Å². The molecule has 16 heavy (non-hydrogen) atoms. The number of hydrogen-bond donors (Lipinski definition) is 3. The third-order valence-electron chi connectivity index (χ3n) is 1.83. The van der Waals surface area contributed by atoms with Crippen molar-refractivity contribution >= 4 is 45.2 Å². The van der Waals surface area contributed by atoms with E-state index in [1.54, 1.807) is 0 Å². The van der Waals surface area contributed by atoms with Gasteiger partial charge in [-0.3, -0.25) is 4.72 Å². The highest BCUT2D eigenvalue weighted by Crippen LogP contribution is 2.36. The molecule has 0 aliphatic carbocycles. The molecule has 0 aromatic heterocycles. The number of sulfonamides is 1. The number of nitrogens with one attached hydrogen (secondary N) is 1. The lowest BCUT2D eigenvalue weighted by Gasteiger charge is -2.15. The second kappa shape index (κ2) is 3.81. The van der Waals surface area contributed by atoms with Gasteiger partial charge < -0.3 is 5.73 Å². The number of fused-ring (bicyclic) bond motifs is 1. The first-order chi connectivity index (χ1) is 7.38. The lowest BCUT2D eigenvalue weighted by molar-refractivity contribution is 0.597. The Labute approximate surface area is 101 Å². The van der Waals surface area contributed by atoms with Gasteiger partial charge in [-0.2, -0.15) is 0 Å². The summed E-state index contributed by atoms with van der Waals surface area (Å²) < 4.78 is 25.1. The van der Waals surface area contributed by atoms with E-state index in [2.05, 4.69) is 9.71 Å². The number of benzene rings is 1. The lowest BCUT2D eigenvalue weighted by atomic mass is 10.3. The van der Waals surface area contributed by atoms with Gasteiger partial charge in [0.15, 0.2) is 0 Å². The first-order valence-electron chi connectivity index (χ1n) is 4.01. The highest BCUT2D eigenvalue weighted by Gasteiger charge is 2.19. The van der Waals surface area contributed by atoms with Gasteiger partial charge in [-0.15, -0.1) is 0 Å². The van der Waals surface area contributed by atoms with Gasteiger partial charge in [-0.05, 0) is 24.1 Å². The zero-order valence-electron chi connectivity index (χ0n) is 7.77. The van der Waals surface area contributed by atoms with Crippen LogP contribution in [-0.2, 0) is 10.0 Å². The fraction of sp³-hybridized carbons (Fsp3) is 0. The fourth-order valence-corrected chi connectivity index (χ4v) is 2.99. The Hall–Kier alpha value is -0.960. The monoisotopic (exact) mass is 278 g/mol. The number of rotatable bonds is 1. The van der Waals surface area contributed by atoms with Crippen LogP contribution < -0.4 is 15.6 Å². The number of primary sulfonamides is 1. The summed E-state index contributed by atoms with van der Waals surface area (Å²) in [5, 5.41) is 5.04. The van der Waals surface area contributed by atoms with Crippen LogP contribution in [0.5, 0.6) is 0 Å². The van der Waals surface area contributed by atoms with E-state index in [1.165, 1.54) is 12.1 Å². The molecule has 0 bridgehead atoms. The zero-order valence-corrected chi connectivity index (χ0v) is 10.2. The van der Waals surface area contributed by atoms with E-state index in [0.29, 0.717) is 10.6 Å². The van der Waals surface area contributed by atoms with Crippen molar-refractivity contribution in [2.45, 2.75) is 9.79 Å². The van der Waals surface area contributed by atoms with Crippen LogP contribution in [0.15, 0.2) is 26.9 Å². The zero-order chi connectivity index (χ0) is 11.9. The fourth-order valence-electron chi connectivity index (χ4n) is 1.17. The molecule has 0 amide bonds. The van der Waals surface area contributed by atoms with Crippen LogP contribution in [0.2, 0.25) is 5.02 Å². The molecule has 6 nitrogen and oxygen atoms in total. The molecule has 86 valence electrons. The minimum Gasteiger partial charge on any atom is -0.369 e. The van der Waals surface area contributed by atoms with Crippen LogP contribution in [0, 0.1) is 0 Å². The van der Waals surface area contributed by atoms with Gasteiger partial charge in [0.2, 0.25) is 16.0 Å². The Morgan fingerprint density at radius 3 is 2.75 bits per heavy atom. The molecule has 0 atom stereocenters. The van der Waals surface area contributed by atoms with Gasteiger partial charge >= 0.3 is 0 Å². The molecule has 0 unspecified atom stereocenters. The average molecular weight is 279 g/mol. The molecule has 0 fully saturated rings. The average Bonchev–Trinajstić information content (AvgIpc) is 2.14. The summed E-state index contributed by atoms with van der Waals surface area (Å²) in [5.74, 6) is 0.233. The van der Waals surface area contributed by atoms with Crippen LogP contribution >= 0.6 is 23.5 Å². The van der Waals surface area contributed by atoms with Crippen LogP contribution in [-0.4, -0.2) is 14.4 Å². The topological polar surface area (TPSA) is 111 Å². The van der Waals surface area contributed by atoms with E-state index < -0.39 is 10.0 Å². The summed E-state index contributed by atoms with van der Waals surface area (Å²) in [6.07, 6.45) is 0. The number of nitrogens with zero attached hydrogens (tertiary/aromatic N) is 1. The van der Waals surface area contributed by atoms with Crippen molar-refractivity contribution in [3.63, 3.8) is 0 Å². The molecule has 0 spiro atoms. The molecule has 5 N–H and O–H groups in total. The Balaban J connectivity index is 2.65. The van der Waals surface area contributed by atoms with Gasteiger partial charge in [0, 0.05) is 0 Å². The molecule has 9 heteroatoms. The maximum absolute atomic E-state index is 11.2. The Morgan fingerprint density at radius 1 is 1.44 bits per heavy atom. The Morgan fingerprint density at radius 2 is 2.12 bits per heavy atom. The number of hydrogen-bond acceptors (Lipinski definition) is 6. The van der Waals surface area contributed by atoms with E-state index in [4.69, 9.17) is 22.5 Å². The SMILES string of the molecule is NC1=Nc2cc(Cl)c(S(N)(=O)=O)cc2SN1. The predicted molar refractivity (Wildman–Crippen MR) is 63.1 cm³/mol. The third kappa shape index (κ3) is 2.09. The van der Waals surface area contributed by atoms with Crippen molar-refractivity contribution in [2.75, 3.05) is 0 Å².